The molecular formula is C17H28F2IN3O2. The Morgan fingerprint density at radius 3 is 2.40 bits per heavy atom. The number of nitrogens with one attached hydrogen (secondary N) is 2. The molecule has 0 radical (unpaired) electrons. The number of halogens is 3. The van der Waals surface area contributed by atoms with Gasteiger partial charge in [-0.15, -0.1) is 24.0 Å². The van der Waals surface area contributed by atoms with Gasteiger partial charge in [-0.25, -0.2) is 0 Å². The van der Waals surface area contributed by atoms with E-state index in [1.54, 1.807) is 19.2 Å². The van der Waals surface area contributed by atoms with Gasteiger partial charge in [-0.1, -0.05) is 26.7 Å². The van der Waals surface area contributed by atoms with Crippen LogP contribution in [0.4, 0.5) is 8.78 Å². The van der Waals surface area contributed by atoms with Crippen LogP contribution in [0.3, 0.4) is 0 Å². The van der Waals surface area contributed by atoms with Crippen LogP contribution in [0.25, 0.3) is 0 Å². The largest absolute Gasteiger partial charge is 0.497 e. The fourth-order valence-electron chi connectivity index (χ4n) is 2.23. The smallest absolute Gasteiger partial charge is 0.387 e. The lowest BCUT2D eigenvalue weighted by Gasteiger charge is -2.18. The molecule has 1 aromatic carbocycles. The van der Waals surface area contributed by atoms with Crippen molar-refractivity contribution in [1.29, 1.82) is 0 Å². The molecule has 2 N–H and O–H groups in total. The third kappa shape index (κ3) is 8.55. The van der Waals surface area contributed by atoms with E-state index in [2.05, 4.69) is 34.2 Å². The summed E-state index contributed by atoms with van der Waals surface area (Å²) in [6.45, 7) is 2.54. The normalized spacial score (nSPS) is 11.3. The highest BCUT2D eigenvalue weighted by Gasteiger charge is 2.12. The molecule has 144 valence electrons. The van der Waals surface area contributed by atoms with E-state index < -0.39 is 6.61 Å². The number of ether oxygens (including phenoxy) is 2. The van der Waals surface area contributed by atoms with Crippen molar-refractivity contribution in [2.75, 3.05) is 20.7 Å². The molecule has 0 heterocycles. The molecule has 0 spiro atoms. The van der Waals surface area contributed by atoms with Crippen LogP contribution in [0.1, 0.15) is 32.3 Å². The maximum atomic E-state index is 12.6. The highest BCUT2D eigenvalue weighted by molar-refractivity contribution is 14.0. The van der Waals surface area contributed by atoms with Crippen LogP contribution in [0.2, 0.25) is 0 Å². The van der Waals surface area contributed by atoms with Gasteiger partial charge in [0.1, 0.15) is 11.5 Å². The summed E-state index contributed by atoms with van der Waals surface area (Å²) in [5.41, 5.74) is 0.599. The standard InChI is InChI=1S/C17H27F2N3O2.HI/c1-5-12(6-2)10-21-17(20-3)22-11-13-7-8-14(23-4)9-15(13)24-16(18)19;/h7-9,12,16H,5-6,10-11H2,1-4H3,(H2,20,21,22);1H. The Morgan fingerprint density at radius 2 is 1.88 bits per heavy atom. The molecule has 25 heavy (non-hydrogen) atoms. The lowest BCUT2D eigenvalue weighted by molar-refractivity contribution is -0.0505. The third-order valence-electron chi connectivity index (χ3n) is 3.87. The Balaban J connectivity index is 0.00000576. The predicted octanol–water partition coefficient (Wildman–Crippen LogP) is 4.02. The monoisotopic (exact) mass is 471 g/mol. The lowest BCUT2D eigenvalue weighted by atomic mass is 10.0. The van der Waals surface area contributed by atoms with Crippen LogP contribution in [-0.4, -0.2) is 33.3 Å². The zero-order valence-corrected chi connectivity index (χ0v) is 17.5. The fraction of sp³-hybridized carbons (Fsp3) is 0.588. The first-order valence-electron chi connectivity index (χ1n) is 8.10. The van der Waals surface area contributed by atoms with Gasteiger partial charge in [0.25, 0.3) is 0 Å². The van der Waals surface area contributed by atoms with Crippen molar-refractivity contribution in [3.8, 4) is 11.5 Å². The Hall–Kier alpha value is -1.32. The summed E-state index contributed by atoms with van der Waals surface area (Å²) < 4.78 is 34.8. The number of hydrogen-bond acceptors (Lipinski definition) is 3. The number of alkyl halides is 2. The topological polar surface area (TPSA) is 54.9 Å². The van der Waals surface area contributed by atoms with Gasteiger partial charge in [0.15, 0.2) is 5.96 Å². The molecule has 1 aromatic rings. The van der Waals surface area contributed by atoms with Crippen LogP contribution in [-0.2, 0) is 6.54 Å². The summed E-state index contributed by atoms with van der Waals surface area (Å²) in [5.74, 6) is 1.75. The zero-order valence-electron chi connectivity index (χ0n) is 15.1. The summed E-state index contributed by atoms with van der Waals surface area (Å²) in [5, 5.41) is 6.36. The van der Waals surface area contributed by atoms with E-state index in [0.29, 0.717) is 29.7 Å². The quantitative estimate of drug-likeness (QED) is 0.325. The lowest BCUT2D eigenvalue weighted by Crippen LogP contribution is -2.39. The first kappa shape index (κ1) is 23.7. The van der Waals surface area contributed by atoms with Crippen LogP contribution >= 0.6 is 24.0 Å². The minimum Gasteiger partial charge on any atom is -0.497 e. The zero-order chi connectivity index (χ0) is 17.9. The molecule has 0 unspecified atom stereocenters. The van der Waals surface area contributed by atoms with Gasteiger partial charge >= 0.3 is 6.61 Å². The molecular weight excluding hydrogens is 443 g/mol. The van der Waals surface area contributed by atoms with Gasteiger partial charge in [-0.3, -0.25) is 4.99 Å². The average molecular weight is 471 g/mol. The molecule has 0 fully saturated rings. The second-order valence-corrected chi connectivity index (χ2v) is 5.34. The van der Waals surface area contributed by atoms with E-state index in [9.17, 15) is 8.78 Å². The summed E-state index contributed by atoms with van der Waals surface area (Å²) in [7, 11) is 3.15. The molecule has 0 aliphatic heterocycles. The van der Waals surface area contributed by atoms with Crippen LogP contribution in [0.5, 0.6) is 11.5 Å². The van der Waals surface area contributed by atoms with Crippen molar-refractivity contribution < 1.29 is 18.3 Å². The minimum absolute atomic E-state index is 0. The second-order valence-electron chi connectivity index (χ2n) is 5.34. The SMILES string of the molecule is CCC(CC)CNC(=NC)NCc1ccc(OC)cc1OC(F)F.I. The predicted molar refractivity (Wildman–Crippen MR) is 107 cm³/mol. The van der Waals surface area contributed by atoms with Gasteiger partial charge in [0.05, 0.1) is 7.11 Å². The molecule has 0 aliphatic rings. The number of benzene rings is 1. The number of nitrogens with zero attached hydrogens (tertiary/aromatic N) is 1. The van der Waals surface area contributed by atoms with Gasteiger partial charge in [-0.05, 0) is 18.1 Å². The Labute approximate surface area is 165 Å². The van der Waals surface area contributed by atoms with Gasteiger partial charge in [0, 0.05) is 31.8 Å². The summed E-state index contributed by atoms with van der Waals surface area (Å²) >= 11 is 0. The maximum Gasteiger partial charge on any atom is 0.387 e. The first-order valence-corrected chi connectivity index (χ1v) is 8.10. The molecule has 1 rings (SSSR count). The first-order chi connectivity index (χ1) is 11.5. The number of methoxy groups -OCH3 is 1. The van der Waals surface area contributed by atoms with Crippen molar-refractivity contribution in [3.05, 3.63) is 23.8 Å². The third-order valence-corrected chi connectivity index (χ3v) is 3.87. The maximum absolute atomic E-state index is 12.6. The average Bonchev–Trinajstić information content (AvgIpc) is 2.58. The molecule has 0 aromatic heterocycles. The van der Waals surface area contributed by atoms with Crippen molar-refractivity contribution >= 4 is 29.9 Å². The number of hydrogen-bond donors (Lipinski definition) is 2. The second kappa shape index (κ2) is 13.0. The molecule has 0 saturated carbocycles. The van der Waals surface area contributed by atoms with E-state index >= 15 is 0 Å². The van der Waals surface area contributed by atoms with Gasteiger partial charge < -0.3 is 20.1 Å². The molecule has 0 bridgehead atoms. The summed E-state index contributed by atoms with van der Waals surface area (Å²) in [6, 6.07) is 4.84. The molecule has 5 nitrogen and oxygen atoms in total. The number of guanidine groups is 1. The van der Waals surface area contributed by atoms with Crippen LogP contribution in [0.15, 0.2) is 23.2 Å². The van der Waals surface area contributed by atoms with Crippen molar-refractivity contribution in [1.82, 2.24) is 10.6 Å². The highest BCUT2D eigenvalue weighted by atomic mass is 127. The molecule has 0 amide bonds. The number of aliphatic imine (C=N–C) groups is 1. The van der Waals surface area contributed by atoms with Gasteiger partial charge in [-0.2, -0.15) is 8.78 Å². The molecule has 0 aliphatic carbocycles. The van der Waals surface area contributed by atoms with Crippen molar-refractivity contribution in [2.45, 2.75) is 39.8 Å². The van der Waals surface area contributed by atoms with E-state index in [0.717, 1.165) is 19.4 Å². The van der Waals surface area contributed by atoms with Crippen molar-refractivity contribution in [2.24, 2.45) is 10.9 Å². The van der Waals surface area contributed by atoms with E-state index in [4.69, 9.17) is 4.74 Å². The molecule has 0 atom stereocenters. The Bertz CT molecular complexity index is 527. The van der Waals surface area contributed by atoms with Gasteiger partial charge in [0.2, 0.25) is 0 Å². The van der Waals surface area contributed by atoms with E-state index in [1.165, 1.54) is 13.2 Å². The van der Waals surface area contributed by atoms with Crippen molar-refractivity contribution in [3.63, 3.8) is 0 Å². The fourth-order valence-corrected chi connectivity index (χ4v) is 2.23. The van der Waals surface area contributed by atoms with Crippen LogP contribution < -0.4 is 20.1 Å². The Morgan fingerprint density at radius 1 is 1.20 bits per heavy atom. The highest BCUT2D eigenvalue weighted by Crippen LogP contribution is 2.26. The molecule has 8 heteroatoms. The van der Waals surface area contributed by atoms with Crippen LogP contribution in [0, 0.1) is 5.92 Å². The Kier molecular flexibility index (Phi) is 12.3. The minimum atomic E-state index is -2.89. The number of rotatable bonds is 9. The van der Waals surface area contributed by atoms with E-state index in [-0.39, 0.29) is 29.7 Å². The summed E-state index contributed by atoms with van der Waals surface area (Å²) in [4.78, 5) is 4.15. The van der Waals surface area contributed by atoms with E-state index in [1.807, 2.05) is 0 Å². The summed E-state index contributed by atoms with van der Waals surface area (Å²) in [6.07, 6.45) is 2.18. The molecule has 0 saturated heterocycles.